The van der Waals surface area contributed by atoms with Gasteiger partial charge in [-0.2, -0.15) is 0 Å². The molecule has 8 heteroatoms. The van der Waals surface area contributed by atoms with Crippen LogP contribution in [0.2, 0.25) is 0 Å². The van der Waals surface area contributed by atoms with Crippen molar-refractivity contribution < 1.29 is 9.59 Å². The second kappa shape index (κ2) is 5.05. The highest BCUT2D eigenvalue weighted by Gasteiger charge is 2.11. The summed E-state index contributed by atoms with van der Waals surface area (Å²) in [7, 11) is 0. The predicted molar refractivity (Wildman–Crippen MR) is 65.3 cm³/mol. The Kier molecular flexibility index (Phi) is 3.99. The SMILES string of the molecule is CC(=O)c1cc(C(N)=O)n/c(=N/CI)n1N. The number of nitrogen functional groups attached to an aromatic ring is 1. The van der Waals surface area contributed by atoms with Crippen LogP contribution in [0.1, 0.15) is 27.9 Å². The Morgan fingerprint density at radius 2 is 2.25 bits per heavy atom. The number of carbonyl (C=O) groups excluding carboxylic acids is 2. The first kappa shape index (κ1) is 12.6. The fraction of sp³-hybridized carbons (Fsp3) is 0.250. The van der Waals surface area contributed by atoms with Gasteiger partial charge in [-0.3, -0.25) is 9.59 Å². The van der Waals surface area contributed by atoms with E-state index in [9.17, 15) is 9.59 Å². The van der Waals surface area contributed by atoms with E-state index in [1.807, 2.05) is 22.6 Å². The molecule has 0 unspecified atom stereocenters. The third kappa shape index (κ3) is 2.56. The Morgan fingerprint density at radius 1 is 1.62 bits per heavy atom. The molecular weight excluding hydrogens is 325 g/mol. The number of primary amides is 1. The minimum Gasteiger partial charge on any atom is -0.364 e. The molecule has 16 heavy (non-hydrogen) atoms. The van der Waals surface area contributed by atoms with Crippen LogP contribution in [0.25, 0.3) is 0 Å². The van der Waals surface area contributed by atoms with E-state index in [4.69, 9.17) is 11.6 Å². The fourth-order valence-electron chi connectivity index (χ4n) is 1.06. The first-order chi connectivity index (χ1) is 7.47. The summed E-state index contributed by atoms with van der Waals surface area (Å²) in [5.74, 6) is 4.60. The lowest BCUT2D eigenvalue weighted by atomic mass is 10.2. The van der Waals surface area contributed by atoms with Gasteiger partial charge in [-0.05, 0) is 6.07 Å². The molecule has 0 fully saturated rings. The molecule has 0 atom stereocenters. The Labute approximate surface area is 105 Å². The van der Waals surface area contributed by atoms with Crippen molar-refractivity contribution in [3.05, 3.63) is 23.1 Å². The lowest BCUT2D eigenvalue weighted by Crippen LogP contribution is -2.37. The van der Waals surface area contributed by atoms with E-state index in [1.165, 1.54) is 13.0 Å². The summed E-state index contributed by atoms with van der Waals surface area (Å²) in [6.45, 7) is 1.33. The van der Waals surface area contributed by atoms with Crippen molar-refractivity contribution in [2.75, 3.05) is 10.4 Å². The number of halogens is 1. The highest BCUT2D eigenvalue weighted by molar-refractivity contribution is 14.1. The van der Waals surface area contributed by atoms with Crippen LogP contribution in [0.3, 0.4) is 0 Å². The highest BCUT2D eigenvalue weighted by Crippen LogP contribution is 1.98. The zero-order chi connectivity index (χ0) is 12.3. The number of nitrogens with zero attached hydrogens (tertiary/aromatic N) is 3. The molecule has 1 aromatic heterocycles. The number of hydrogen-bond donors (Lipinski definition) is 2. The van der Waals surface area contributed by atoms with E-state index in [0.717, 1.165) is 4.68 Å². The second-order valence-electron chi connectivity index (χ2n) is 2.89. The molecule has 7 nitrogen and oxygen atoms in total. The van der Waals surface area contributed by atoms with Crippen LogP contribution in [0.4, 0.5) is 0 Å². The van der Waals surface area contributed by atoms with Crippen LogP contribution in [-0.4, -0.2) is 25.9 Å². The van der Waals surface area contributed by atoms with Crippen molar-refractivity contribution in [2.45, 2.75) is 6.92 Å². The van der Waals surface area contributed by atoms with Crippen LogP contribution < -0.4 is 17.2 Å². The summed E-state index contributed by atoms with van der Waals surface area (Å²) >= 11 is 1.99. The summed E-state index contributed by atoms with van der Waals surface area (Å²) in [5.41, 5.74) is 5.28. The van der Waals surface area contributed by atoms with Crippen molar-refractivity contribution in [2.24, 2.45) is 10.7 Å². The molecule has 4 N–H and O–H groups in total. The van der Waals surface area contributed by atoms with Crippen molar-refractivity contribution in [1.29, 1.82) is 0 Å². The first-order valence-corrected chi connectivity index (χ1v) is 5.76. The number of Topliss-reactive ketones (excluding diaryl/α,β-unsaturated/α-hetero) is 1. The lowest BCUT2D eigenvalue weighted by Gasteiger charge is -2.06. The van der Waals surface area contributed by atoms with Gasteiger partial charge < -0.3 is 11.6 Å². The zero-order valence-electron chi connectivity index (χ0n) is 8.48. The van der Waals surface area contributed by atoms with Gasteiger partial charge >= 0.3 is 0 Å². The number of nitrogens with two attached hydrogens (primary N) is 2. The minimum absolute atomic E-state index is 0.0319. The lowest BCUT2D eigenvalue weighted by molar-refractivity contribution is 0.0994. The maximum atomic E-state index is 11.3. The third-order valence-electron chi connectivity index (χ3n) is 1.78. The molecule has 0 aliphatic carbocycles. The first-order valence-electron chi connectivity index (χ1n) is 4.23. The smallest absolute Gasteiger partial charge is 0.267 e. The molecule has 0 saturated heterocycles. The average Bonchev–Trinajstić information content (AvgIpc) is 2.20. The number of aromatic nitrogens is 2. The van der Waals surface area contributed by atoms with Gasteiger partial charge in [0.2, 0.25) is 5.62 Å². The summed E-state index contributed by atoms with van der Waals surface area (Å²) in [6, 6.07) is 1.25. The third-order valence-corrected chi connectivity index (χ3v) is 2.12. The van der Waals surface area contributed by atoms with Crippen molar-refractivity contribution in [1.82, 2.24) is 9.66 Å². The van der Waals surface area contributed by atoms with Gasteiger partial charge in [0.25, 0.3) is 5.91 Å². The van der Waals surface area contributed by atoms with Gasteiger partial charge in [0.05, 0.1) is 4.55 Å². The molecule has 0 saturated carbocycles. The highest BCUT2D eigenvalue weighted by atomic mass is 127. The quantitative estimate of drug-likeness (QED) is 0.247. The maximum absolute atomic E-state index is 11.3. The van der Waals surface area contributed by atoms with E-state index < -0.39 is 5.91 Å². The van der Waals surface area contributed by atoms with Crippen LogP contribution >= 0.6 is 22.6 Å². The molecular formula is C8H10IN5O2. The predicted octanol–water partition coefficient (Wildman–Crippen LogP) is -0.808. The largest absolute Gasteiger partial charge is 0.364 e. The van der Waals surface area contributed by atoms with E-state index in [0.29, 0.717) is 4.55 Å². The summed E-state index contributed by atoms with van der Waals surface area (Å²) in [4.78, 5) is 30.1. The van der Waals surface area contributed by atoms with Gasteiger partial charge in [0, 0.05) is 6.92 Å². The van der Waals surface area contributed by atoms with E-state index in [-0.39, 0.29) is 22.8 Å². The number of ketones is 1. The molecule has 0 aliphatic heterocycles. The van der Waals surface area contributed by atoms with Crippen LogP contribution in [-0.2, 0) is 0 Å². The minimum atomic E-state index is -0.729. The summed E-state index contributed by atoms with van der Waals surface area (Å²) < 4.78 is 1.44. The Hall–Kier alpha value is -1.45. The maximum Gasteiger partial charge on any atom is 0.267 e. The van der Waals surface area contributed by atoms with Crippen LogP contribution in [0, 0.1) is 0 Å². The summed E-state index contributed by atoms with van der Waals surface area (Å²) in [5, 5.41) is 0. The second-order valence-corrected chi connectivity index (χ2v) is 3.58. The molecule has 1 heterocycles. The molecule has 0 bridgehead atoms. The molecule has 0 radical (unpaired) electrons. The fourth-order valence-corrected chi connectivity index (χ4v) is 1.37. The van der Waals surface area contributed by atoms with E-state index in [2.05, 4.69) is 9.98 Å². The topological polar surface area (TPSA) is 116 Å². The average molecular weight is 335 g/mol. The Bertz CT molecular complexity index is 508. The van der Waals surface area contributed by atoms with Gasteiger partial charge in [0.15, 0.2) is 5.78 Å². The number of hydrogen-bond acceptors (Lipinski definition) is 5. The molecule has 1 aromatic rings. The zero-order valence-corrected chi connectivity index (χ0v) is 10.6. The molecule has 0 aliphatic rings. The molecule has 1 amide bonds. The molecule has 1 rings (SSSR count). The number of amides is 1. The monoisotopic (exact) mass is 335 g/mol. The van der Waals surface area contributed by atoms with Crippen LogP contribution in [0.5, 0.6) is 0 Å². The number of alkyl halides is 1. The Morgan fingerprint density at radius 3 is 2.69 bits per heavy atom. The number of rotatable bonds is 3. The summed E-state index contributed by atoms with van der Waals surface area (Å²) in [6.07, 6.45) is 0. The van der Waals surface area contributed by atoms with Crippen molar-refractivity contribution >= 4 is 34.3 Å². The van der Waals surface area contributed by atoms with Crippen molar-refractivity contribution in [3.8, 4) is 0 Å². The van der Waals surface area contributed by atoms with Gasteiger partial charge in [0.1, 0.15) is 11.4 Å². The van der Waals surface area contributed by atoms with Gasteiger partial charge in [-0.1, -0.05) is 22.6 Å². The molecule has 0 aromatic carbocycles. The number of carbonyl (C=O) groups is 2. The molecule has 0 spiro atoms. The van der Waals surface area contributed by atoms with Crippen molar-refractivity contribution in [3.63, 3.8) is 0 Å². The van der Waals surface area contributed by atoms with Gasteiger partial charge in [-0.15, -0.1) is 0 Å². The van der Waals surface area contributed by atoms with Gasteiger partial charge in [-0.25, -0.2) is 14.7 Å². The standard InChI is InChI=1S/C8H10IN5O2/c1-4(15)6-2-5(7(10)16)13-8(12-3-9)14(6)11/h2H,3,11H2,1H3,(H2,10,16)/b12-8-. The van der Waals surface area contributed by atoms with E-state index >= 15 is 0 Å². The van der Waals surface area contributed by atoms with E-state index in [1.54, 1.807) is 0 Å². The Balaban J connectivity index is 3.58. The van der Waals surface area contributed by atoms with Crippen LogP contribution in [0.15, 0.2) is 11.1 Å². The molecule has 86 valence electrons. The normalized spacial score (nSPS) is 11.5.